The molecule has 1 N–H and O–H groups in total. The number of carbonyl (C=O) groups is 1. The van der Waals surface area contributed by atoms with Gasteiger partial charge in [0.15, 0.2) is 0 Å². The van der Waals surface area contributed by atoms with Crippen molar-refractivity contribution in [2.75, 3.05) is 7.11 Å². The van der Waals surface area contributed by atoms with Gasteiger partial charge in [-0.3, -0.25) is 0 Å². The molecule has 2 heterocycles. The summed E-state index contributed by atoms with van der Waals surface area (Å²) >= 11 is 1.17. The topological polar surface area (TPSA) is 77.2 Å². The monoisotopic (exact) mass is 295 g/mol. The number of hydrogen-bond donors (Lipinski definition) is 1. The van der Waals surface area contributed by atoms with Crippen LogP contribution < -0.4 is 4.74 Å². The maximum atomic E-state index is 11.3. The van der Waals surface area contributed by atoms with Gasteiger partial charge in [-0.1, -0.05) is 13.3 Å². The highest BCUT2D eigenvalue weighted by atomic mass is 32.1. The molecular formula is C13H17N3O3S. The number of aromatic nitrogens is 3. The van der Waals surface area contributed by atoms with Gasteiger partial charge in [0.1, 0.15) is 9.88 Å². The predicted molar refractivity (Wildman–Crippen MR) is 76.6 cm³/mol. The summed E-state index contributed by atoms with van der Waals surface area (Å²) in [5, 5.41) is 14.2. The minimum absolute atomic E-state index is 0.298. The first-order chi connectivity index (χ1) is 9.49. The first-order valence-electron chi connectivity index (χ1n) is 6.30. The van der Waals surface area contributed by atoms with Crippen LogP contribution >= 0.6 is 11.3 Å². The molecule has 2 aromatic heterocycles. The molecule has 0 fully saturated rings. The van der Waals surface area contributed by atoms with Crippen molar-refractivity contribution in [3.63, 3.8) is 0 Å². The Labute approximate surface area is 121 Å². The highest BCUT2D eigenvalue weighted by Gasteiger charge is 2.23. The van der Waals surface area contributed by atoms with Crippen molar-refractivity contribution >= 4 is 17.3 Å². The number of carboxylic acids is 1. The van der Waals surface area contributed by atoms with E-state index in [-0.39, 0.29) is 0 Å². The number of thiazole rings is 1. The molecule has 2 rings (SSSR count). The Hall–Kier alpha value is -1.89. The first kappa shape index (κ1) is 14.5. The van der Waals surface area contributed by atoms with Gasteiger partial charge in [-0.15, -0.1) is 11.3 Å². The van der Waals surface area contributed by atoms with E-state index in [0.29, 0.717) is 27.9 Å². The summed E-state index contributed by atoms with van der Waals surface area (Å²) in [6.45, 7) is 3.86. The van der Waals surface area contributed by atoms with Crippen molar-refractivity contribution in [1.82, 2.24) is 14.8 Å². The molecule has 0 aliphatic rings. The van der Waals surface area contributed by atoms with Crippen LogP contribution in [0.1, 0.15) is 34.4 Å². The Bertz CT molecular complexity index is 646. The minimum Gasteiger partial charge on any atom is -0.481 e. The number of rotatable bonds is 5. The van der Waals surface area contributed by atoms with E-state index in [0.717, 1.165) is 17.7 Å². The lowest BCUT2D eigenvalue weighted by Gasteiger charge is -2.01. The van der Waals surface area contributed by atoms with Crippen LogP contribution in [0.2, 0.25) is 0 Å². The fourth-order valence-corrected chi connectivity index (χ4v) is 3.19. The second kappa shape index (κ2) is 5.62. The quantitative estimate of drug-likeness (QED) is 0.917. The van der Waals surface area contributed by atoms with E-state index in [9.17, 15) is 9.90 Å². The van der Waals surface area contributed by atoms with Crippen molar-refractivity contribution in [1.29, 1.82) is 0 Å². The molecule has 0 atom stereocenters. The molecule has 0 spiro atoms. The fraction of sp³-hybridized carbons (Fsp3) is 0.462. The molecule has 0 bridgehead atoms. The number of ether oxygens (including phenoxy) is 1. The number of aryl methyl sites for hydroxylation is 3. The number of methoxy groups -OCH3 is 1. The molecule has 6 nitrogen and oxygen atoms in total. The zero-order valence-electron chi connectivity index (χ0n) is 11.9. The highest BCUT2D eigenvalue weighted by molar-refractivity contribution is 7.17. The normalized spacial score (nSPS) is 10.8. The van der Waals surface area contributed by atoms with Gasteiger partial charge in [0.05, 0.1) is 24.1 Å². The Morgan fingerprint density at radius 3 is 2.75 bits per heavy atom. The zero-order chi connectivity index (χ0) is 14.9. The van der Waals surface area contributed by atoms with Crippen molar-refractivity contribution in [3.8, 4) is 16.5 Å². The summed E-state index contributed by atoms with van der Waals surface area (Å²) < 4.78 is 6.97. The molecule has 0 aromatic carbocycles. The number of hydrogen-bond acceptors (Lipinski definition) is 5. The van der Waals surface area contributed by atoms with Gasteiger partial charge in [0.2, 0.25) is 5.88 Å². The maximum absolute atomic E-state index is 11.3. The Morgan fingerprint density at radius 2 is 2.20 bits per heavy atom. The number of aromatic carboxylic acids is 1. The van der Waals surface area contributed by atoms with E-state index in [1.807, 2.05) is 13.8 Å². The number of nitrogens with zero attached hydrogens (tertiary/aromatic N) is 3. The minimum atomic E-state index is -0.933. The third-order valence-electron chi connectivity index (χ3n) is 2.96. The SMILES string of the molecule is CCCc1nc(-c2c(C)nn(C)c2OC)sc1C(=O)O. The Balaban J connectivity index is 2.59. The van der Waals surface area contributed by atoms with Crippen molar-refractivity contribution in [2.45, 2.75) is 26.7 Å². The largest absolute Gasteiger partial charge is 0.481 e. The molecule has 0 saturated heterocycles. The average Bonchev–Trinajstić information content (AvgIpc) is 2.90. The molecule has 2 aromatic rings. The number of carboxylic acid groups (broad SMARTS) is 1. The van der Waals surface area contributed by atoms with E-state index in [2.05, 4.69) is 10.1 Å². The van der Waals surface area contributed by atoms with Gasteiger partial charge in [-0.2, -0.15) is 5.10 Å². The standard InChI is InChI=1S/C13H17N3O3S/c1-5-6-8-10(13(17)18)20-11(14-8)9-7(2)15-16(3)12(9)19-4/h5-6H2,1-4H3,(H,17,18). The average molecular weight is 295 g/mol. The summed E-state index contributed by atoms with van der Waals surface area (Å²) in [5.41, 5.74) is 2.17. The molecule has 0 amide bonds. The lowest BCUT2D eigenvalue weighted by Crippen LogP contribution is -1.98. The zero-order valence-corrected chi connectivity index (χ0v) is 12.7. The van der Waals surface area contributed by atoms with Gasteiger partial charge in [0, 0.05) is 7.05 Å². The van der Waals surface area contributed by atoms with Crippen molar-refractivity contribution in [2.24, 2.45) is 7.05 Å². The van der Waals surface area contributed by atoms with Crippen LogP contribution in [-0.2, 0) is 13.5 Å². The van der Waals surface area contributed by atoms with Crippen LogP contribution in [0.15, 0.2) is 0 Å². The van der Waals surface area contributed by atoms with Gasteiger partial charge in [0.25, 0.3) is 0 Å². The first-order valence-corrected chi connectivity index (χ1v) is 7.12. The van der Waals surface area contributed by atoms with Gasteiger partial charge in [-0.05, 0) is 13.3 Å². The molecule has 0 radical (unpaired) electrons. The molecule has 108 valence electrons. The molecular weight excluding hydrogens is 278 g/mol. The van der Waals surface area contributed by atoms with Crippen molar-refractivity contribution < 1.29 is 14.6 Å². The van der Waals surface area contributed by atoms with Gasteiger partial charge >= 0.3 is 5.97 Å². The molecule has 0 saturated carbocycles. The molecule has 0 aliphatic heterocycles. The third kappa shape index (κ3) is 2.40. The van der Waals surface area contributed by atoms with Crippen LogP contribution in [0.3, 0.4) is 0 Å². The summed E-state index contributed by atoms with van der Waals surface area (Å²) in [5.74, 6) is -0.339. The summed E-state index contributed by atoms with van der Waals surface area (Å²) in [7, 11) is 3.35. The van der Waals surface area contributed by atoms with Gasteiger partial charge in [-0.25, -0.2) is 14.5 Å². The predicted octanol–water partition coefficient (Wildman–Crippen LogP) is 2.51. The van der Waals surface area contributed by atoms with Crippen LogP contribution in [0.25, 0.3) is 10.6 Å². The highest BCUT2D eigenvalue weighted by Crippen LogP contribution is 2.36. The van der Waals surface area contributed by atoms with Crippen molar-refractivity contribution in [3.05, 3.63) is 16.3 Å². The van der Waals surface area contributed by atoms with E-state index in [4.69, 9.17) is 4.74 Å². The van der Waals surface area contributed by atoms with E-state index in [1.165, 1.54) is 11.3 Å². The van der Waals surface area contributed by atoms with E-state index >= 15 is 0 Å². The third-order valence-corrected chi connectivity index (χ3v) is 4.06. The lowest BCUT2D eigenvalue weighted by molar-refractivity contribution is 0.0700. The van der Waals surface area contributed by atoms with Crippen LogP contribution in [0.5, 0.6) is 5.88 Å². The Kier molecular flexibility index (Phi) is 4.08. The molecule has 0 aliphatic carbocycles. The smallest absolute Gasteiger partial charge is 0.347 e. The molecule has 20 heavy (non-hydrogen) atoms. The summed E-state index contributed by atoms with van der Waals surface area (Å²) in [6, 6.07) is 0. The second-order valence-electron chi connectivity index (χ2n) is 4.44. The van der Waals surface area contributed by atoms with Gasteiger partial charge < -0.3 is 9.84 Å². The summed E-state index contributed by atoms with van der Waals surface area (Å²) in [6.07, 6.45) is 1.51. The summed E-state index contributed by atoms with van der Waals surface area (Å²) in [4.78, 5) is 16.1. The van der Waals surface area contributed by atoms with Crippen LogP contribution in [0.4, 0.5) is 0 Å². The molecule has 7 heteroatoms. The maximum Gasteiger partial charge on any atom is 0.347 e. The van der Waals surface area contributed by atoms with E-state index in [1.54, 1.807) is 18.8 Å². The Morgan fingerprint density at radius 1 is 1.50 bits per heavy atom. The van der Waals surface area contributed by atoms with E-state index < -0.39 is 5.97 Å². The van der Waals surface area contributed by atoms with Crippen LogP contribution in [0, 0.1) is 6.92 Å². The van der Waals surface area contributed by atoms with Crippen LogP contribution in [-0.4, -0.2) is 33.0 Å². The fourth-order valence-electron chi connectivity index (χ4n) is 2.15. The molecule has 0 unspecified atom stereocenters. The lowest BCUT2D eigenvalue weighted by atomic mass is 10.2. The second-order valence-corrected chi connectivity index (χ2v) is 5.44.